The number of rotatable bonds is 6. The molecule has 0 saturated heterocycles. The van der Waals surface area contributed by atoms with Crippen LogP contribution in [0.3, 0.4) is 0 Å². The van der Waals surface area contributed by atoms with Gasteiger partial charge in [-0.1, -0.05) is 30.3 Å². The number of aromatic nitrogens is 1. The number of ether oxygens (including phenoxy) is 1. The standard InChI is InChI=1S/C20H24N4O/c1-21-20(24-13-15-6-5-7-17(12-15)25-2)22-11-10-16-14-23-19-9-4-3-8-18(16)19/h3-9,12,14,23H,10-11,13H2,1-2H3,(H2,21,22,24). The molecule has 0 aliphatic rings. The molecule has 0 radical (unpaired) electrons. The lowest BCUT2D eigenvalue weighted by Crippen LogP contribution is -2.37. The summed E-state index contributed by atoms with van der Waals surface area (Å²) in [6.07, 6.45) is 3.02. The second-order valence-corrected chi connectivity index (χ2v) is 5.81. The molecular weight excluding hydrogens is 312 g/mol. The molecule has 0 unspecified atom stereocenters. The predicted molar refractivity (Wildman–Crippen MR) is 103 cm³/mol. The van der Waals surface area contributed by atoms with E-state index >= 15 is 0 Å². The van der Waals surface area contributed by atoms with Crippen LogP contribution in [0.2, 0.25) is 0 Å². The van der Waals surface area contributed by atoms with E-state index in [4.69, 9.17) is 4.74 Å². The smallest absolute Gasteiger partial charge is 0.191 e. The number of aliphatic imine (C=N–C) groups is 1. The van der Waals surface area contributed by atoms with Crippen LogP contribution in [0.15, 0.2) is 59.7 Å². The molecule has 0 aliphatic carbocycles. The summed E-state index contributed by atoms with van der Waals surface area (Å²) in [5.41, 5.74) is 3.64. The lowest BCUT2D eigenvalue weighted by Gasteiger charge is -2.12. The van der Waals surface area contributed by atoms with E-state index in [0.29, 0.717) is 6.54 Å². The van der Waals surface area contributed by atoms with Crippen molar-refractivity contribution in [2.45, 2.75) is 13.0 Å². The molecule has 3 rings (SSSR count). The molecule has 5 heteroatoms. The Morgan fingerprint density at radius 2 is 2.00 bits per heavy atom. The van der Waals surface area contributed by atoms with Gasteiger partial charge >= 0.3 is 0 Å². The number of nitrogens with zero attached hydrogens (tertiary/aromatic N) is 1. The van der Waals surface area contributed by atoms with Crippen LogP contribution in [0, 0.1) is 0 Å². The number of methoxy groups -OCH3 is 1. The van der Waals surface area contributed by atoms with E-state index in [9.17, 15) is 0 Å². The van der Waals surface area contributed by atoms with Crippen molar-refractivity contribution in [1.82, 2.24) is 15.6 Å². The molecule has 0 atom stereocenters. The first-order valence-corrected chi connectivity index (χ1v) is 8.42. The van der Waals surface area contributed by atoms with Crippen LogP contribution >= 0.6 is 0 Å². The van der Waals surface area contributed by atoms with E-state index in [-0.39, 0.29) is 0 Å². The Labute approximate surface area is 148 Å². The Kier molecular flexibility index (Phi) is 5.57. The highest BCUT2D eigenvalue weighted by Crippen LogP contribution is 2.17. The highest BCUT2D eigenvalue weighted by molar-refractivity contribution is 5.83. The molecule has 0 amide bonds. The van der Waals surface area contributed by atoms with Crippen LogP contribution in [-0.4, -0.2) is 31.6 Å². The maximum atomic E-state index is 5.25. The van der Waals surface area contributed by atoms with Crippen molar-refractivity contribution in [3.63, 3.8) is 0 Å². The number of para-hydroxylation sites is 1. The Bertz CT molecular complexity index is 854. The second kappa shape index (κ2) is 8.24. The zero-order valence-electron chi connectivity index (χ0n) is 14.7. The van der Waals surface area contributed by atoms with E-state index in [2.05, 4.69) is 51.1 Å². The molecule has 0 fully saturated rings. The minimum Gasteiger partial charge on any atom is -0.497 e. The second-order valence-electron chi connectivity index (χ2n) is 5.81. The monoisotopic (exact) mass is 336 g/mol. The van der Waals surface area contributed by atoms with Crippen molar-refractivity contribution in [2.75, 3.05) is 20.7 Å². The summed E-state index contributed by atoms with van der Waals surface area (Å²) < 4.78 is 5.25. The fourth-order valence-electron chi connectivity index (χ4n) is 2.84. The molecular formula is C20H24N4O. The van der Waals surface area contributed by atoms with Crippen molar-refractivity contribution in [3.05, 3.63) is 65.9 Å². The fourth-order valence-corrected chi connectivity index (χ4v) is 2.84. The summed E-state index contributed by atoms with van der Waals surface area (Å²) in [4.78, 5) is 7.59. The van der Waals surface area contributed by atoms with Crippen molar-refractivity contribution in [2.24, 2.45) is 4.99 Å². The van der Waals surface area contributed by atoms with Gasteiger partial charge in [0.05, 0.1) is 7.11 Å². The topological polar surface area (TPSA) is 61.4 Å². The average molecular weight is 336 g/mol. The summed E-state index contributed by atoms with van der Waals surface area (Å²) in [6, 6.07) is 16.4. The van der Waals surface area contributed by atoms with E-state index < -0.39 is 0 Å². The van der Waals surface area contributed by atoms with Gasteiger partial charge in [-0.3, -0.25) is 4.99 Å². The normalized spacial score (nSPS) is 11.5. The van der Waals surface area contributed by atoms with Crippen LogP contribution in [0.4, 0.5) is 0 Å². The predicted octanol–water partition coefficient (Wildman–Crippen LogP) is 3.08. The molecule has 130 valence electrons. The number of hydrogen-bond donors (Lipinski definition) is 3. The molecule has 3 N–H and O–H groups in total. The minimum absolute atomic E-state index is 0.698. The van der Waals surface area contributed by atoms with Crippen molar-refractivity contribution in [3.8, 4) is 5.75 Å². The highest BCUT2D eigenvalue weighted by Gasteiger charge is 2.04. The van der Waals surface area contributed by atoms with Gasteiger partial charge in [0.25, 0.3) is 0 Å². The first-order valence-electron chi connectivity index (χ1n) is 8.42. The molecule has 5 nitrogen and oxygen atoms in total. The summed E-state index contributed by atoms with van der Waals surface area (Å²) in [6.45, 7) is 1.52. The average Bonchev–Trinajstić information content (AvgIpc) is 3.08. The van der Waals surface area contributed by atoms with Gasteiger partial charge in [-0.15, -0.1) is 0 Å². The summed E-state index contributed by atoms with van der Waals surface area (Å²) in [5, 5.41) is 7.98. The van der Waals surface area contributed by atoms with Gasteiger partial charge < -0.3 is 20.4 Å². The Balaban J connectivity index is 1.51. The van der Waals surface area contributed by atoms with E-state index in [0.717, 1.165) is 30.2 Å². The van der Waals surface area contributed by atoms with Gasteiger partial charge in [0.15, 0.2) is 5.96 Å². The number of aromatic amines is 1. The third-order valence-corrected chi connectivity index (χ3v) is 4.18. The number of guanidine groups is 1. The van der Waals surface area contributed by atoms with E-state index in [1.165, 1.54) is 16.5 Å². The van der Waals surface area contributed by atoms with Crippen LogP contribution in [-0.2, 0) is 13.0 Å². The molecule has 25 heavy (non-hydrogen) atoms. The van der Waals surface area contributed by atoms with Gasteiger partial charge in [-0.05, 0) is 35.7 Å². The largest absolute Gasteiger partial charge is 0.497 e. The number of H-pyrrole nitrogens is 1. The van der Waals surface area contributed by atoms with Crippen LogP contribution in [0.25, 0.3) is 10.9 Å². The summed E-state index contributed by atoms with van der Waals surface area (Å²) >= 11 is 0. The van der Waals surface area contributed by atoms with E-state index in [1.807, 2.05) is 24.3 Å². The first-order chi connectivity index (χ1) is 12.3. The van der Waals surface area contributed by atoms with Gasteiger partial charge in [-0.2, -0.15) is 0 Å². The van der Waals surface area contributed by atoms with Crippen molar-refractivity contribution in [1.29, 1.82) is 0 Å². The Hall–Kier alpha value is -2.95. The van der Waals surface area contributed by atoms with Crippen LogP contribution in [0.1, 0.15) is 11.1 Å². The fraction of sp³-hybridized carbons (Fsp3) is 0.250. The molecule has 1 aromatic heterocycles. The molecule has 0 saturated carbocycles. The third-order valence-electron chi connectivity index (χ3n) is 4.18. The summed E-state index contributed by atoms with van der Waals surface area (Å²) in [5.74, 6) is 1.66. The number of hydrogen-bond acceptors (Lipinski definition) is 2. The zero-order valence-corrected chi connectivity index (χ0v) is 14.7. The number of nitrogens with one attached hydrogen (secondary N) is 3. The molecule has 0 bridgehead atoms. The van der Waals surface area contributed by atoms with Gasteiger partial charge in [0, 0.05) is 37.2 Å². The molecule has 0 aliphatic heterocycles. The third kappa shape index (κ3) is 4.32. The quantitative estimate of drug-likeness (QED) is 0.479. The van der Waals surface area contributed by atoms with Crippen LogP contribution < -0.4 is 15.4 Å². The SMILES string of the molecule is CN=C(NCCc1c[nH]c2ccccc12)NCc1cccc(OC)c1. The van der Waals surface area contributed by atoms with Gasteiger partial charge in [0.1, 0.15) is 5.75 Å². The highest BCUT2D eigenvalue weighted by atomic mass is 16.5. The number of benzene rings is 2. The lowest BCUT2D eigenvalue weighted by molar-refractivity contribution is 0.414. The number of fused-ring (bicyclic) bond motifs is 1. The maximum Gasteiger partial charge on any atom is 0.191 e. The van der Waals surface area contributed by atoms with Gasteiger partial charge in [-0.25, -0.2) is 0 Å². The molecule has 0 spiro atoms. The minimum atomic E-state index is 0.698. The molecule has 2 aromatic carbocycles. The Morgan fingerprint density at radius 3 is 2.84 bits per heavy atom. The molecule has 1 heterocycles. The zero-order chi connectivity index (χ0) is 17.5. The Morgan fingerprint density at radius 1 is 1.12 bits per heavy atom. The summed E-state index contributed by atoms with van der Waals surface area (Å²) in [7, 11) is 3.46. The lowest BCUT2D eigenvalue weighted by atomic mass is 10.1. The van der Waals surface area contributed by atoms with Gasteiger partial charge in [0.2, 0.25) is 0 Å². The van der Waals surface area contributed by atoms with Crippen molar-refractivity contribution < 1.29 is 4.74 Å². The van der Waals surface area contributed by atoms with E-state index in [1.54, 1.807) is 14.2 Å². The first kappa shape index (κ1) is 16.9. The molecule has 3 aromatic rings. The van der Waals surface area contributed by atoms with Crippen LogP contribution in [0.5, 0.6) is 5.75 Å². The van der Waals surface area contributed by atoms with Crippen molar-refractivity contribution >= 4 is 16.9 Å². The maximum absolute atomic E-state index is 5.25.